The van der Waals surface area contributed by atoms with Gasteiger partial charge in [-0.1, -0.05) is 48.0 Å². The Kier molecular flexibility index (Phi) is 5.99. The molecule has 0 radical (unpaired) electrons. The van der Waals surface area contributed by atoms with Crippen molar-refractivity contribution in [1.82, 2.24) is 5.32 Å². The second-order valence-electron chi connectivity index (χ2n) is 5.77. The fourth-order valence-corrected chi connectivity index (χ4v) is 2.38. The SMILES string of the molecule is Cc1ccc(OC[C@H](O)CN[C@@H](C)c2ccccc2)c(C)c1. The Bertz CT molecular complexity index is 583. The highest BCUT2D eigenvalue weighted by Crippen LogP contribution is 2.18. The molecule has 3 heteroatoms. The summed E-state index contributed by atoms with van der Waals surface area (Å²) in [6.07, 6.45) is -0.535. The number of aliphatic hydroxyl groups excluding tert-OH is 1. The van der Waals surface area contributed by atoms with Crippen LogP contribution in [-0.2, 0) is 0 Å². The average Bonchev–Trinajstić information content (AvgIpc) is 2.52. The molecule has 118 valence electrons. The standard InChI is InChI=1S/C19H25NO2/c1-14-9-10-19(15(2)11-14)22-13-18(21)12-20-16(3)17-7-5-4-6-8-17/h4-11,16,18,20-21H,12-13H2,1-3H3/t16-,18+/m0/s1. The lowest BCUT2D eigenvalue weighted by atomic mass is 10.1. The van der Waals surface area contributed by atoms with Crippen molar-refractivity contribution in [2.24, 2.45) is 0 Å². The number of ether oxygens (including phenoxy) is 1. The van der Waals surface area contributed by atoms with E-state index in [0.29, 0.717) is 13.2 Å². The molecule has 2 atom stereocenters. The molecule has 0 saturated carbocycles. The molecule has 2 aromatic rings. The summed E-state index contributed by atoms with van der Waals surface area (Å²) >= 11 is 0. The minimum Gasteiger partial charge on any atom is -0.491 e. The third-order valence-electron chi connectivity index (χ3n) is 3.72. The molecule has 0 aliphatic rings. The van der Waals surface area contributed by atoms with Crippen LogP contribution in [-0.4, -0.2) is 24.4 Å². The van der Waals surface area contributed by atoms with E-state index in [0.717, 1.165) is 11.3 Å². The second-order valence-corrected chi connectivity index (χ2v) is 5.77. The van der Waals surface area contributed by atoms with Gasteiger partial charge in [0.15, 0.2) is 0 Å². The highest BCUT2D eigenvalue weighted by atomic mass is 16.5. The van der Waals surface area contributed by atoms with Crippen LogP contribution in [0.2, 0.25) is 0 Å². The Hall–Kier alpha value is -1.84. The number of hydrogen-bond donors (Lipinski definition) is 2. The average molecular weight is 299 g/mol. The van der Waals surface area contributed by atoms with Crippen LogP contribution >= 0.6 is 0 Å². The van der Waals surface area contributed by atoms with Crippen molar-refractivity contribution in [3.8, 4) is 5.75 Å². The monoisotopic (exact) mass is 299 g/mol. The third-order valence-corrected chi connectivity index (χ3v) is 3.72. The van der Waals surface area contributed by atoms with Gasteiger partial charge in [-0.15, -0.1) is 0 Å². The zero-order valence-electron chi connectivity index (χ0n) is 13.5. The summed E-state index contributed by atoms with van der Waals surface area (Å²) in [5.74, 6) is 0.834. The summed E-state index contributed by atoms with van der Waals surface area (Å²) in [5, 5.41) is 13.4. The maximum Gasteiger partial charge on any atom is 0.122 e. The first-order chi connectivity index (χ1) is 10.6. The number of rotatable bonds is 7. The Balaban J connectivity index is 1.77. The highest BCUT2D eigenvalue weighted by Gasteiger charge is 2.10. The van der Waals surface area contributed by atoms with E-state index >= 15 is 0 Å². The van der Waals surface area contributed by atoms with Crippen molar-refractivity contribution in [1.29, 1.82) is 0 Å². The number of hydrogen-bond acceptors (Lipinski definition) is 3. The van der Waals surface area contributed by atoms with Crippen LogP contribution in [0.25, 0.3) is 0 Å². The van der Waals surface area contributed by atoms with Gasteiger partial charge in [-0.3, -0.25) is 0 Å². The lowest BCUT2D eigenvalue weighted by Gasteiger charge is -2.18. The van der Waals surface area contributed by atoms with Crippen molar-refractivity contribution in [3.63, 3.8) is 0 Å². The molecule has 22 heavy (non-hydrogen) atoms. The molecule has 0 amide bonds. The van der Waals surface area contributed by atoms with Gasteiger partial charge in [0.2, 0.25) is 0 Å². The molecule has 0 aliphatic carbocycles. The molecule has 0 aliphatic heterocycles. The van der Waals surface area contributed by atoms with Crippen molar-refractivity contribution >= 4 is 0 Å². The van der Waals surface area contributed by atoms with E-state index in [2.05, 4.69) is 37.4 Å². The van der Waals surface area contributed by atoms with Crippen molar-refractivity contribution < 1.29 is 9.84 Å². The predicted molar refractivity (Wildman–Crippen MR) is 90.3 cm³/mol. The van der Waals surface area contributed by atoms with Crippen LogP contribution in [0.3, 0.4) is 0 Å². The highest BCUT2D eigenvalue weighted by molar-refractivity contribution is 5.35. The lowest BCUT2D eigenvalue weighted by Crippen LogP contribution is -2.33. The second kappa shape index (κ2) is 7.97. The quantitative estimate of drug-likeness (QED) is 0.823. The Morgan fingerprint density at radius 1 is 1.09 bits per heavy atom. The van der Waals surface area contributed by atoms with Crippen molar-refractivity contribution in [2.75, 3.05) is 13.2 Å². The topological polar surface area (TPSA) is 41.5 Å². The first-order valence-electron chi connectivity index (χ1n) is 7.72. The molecule has 2 rings (SSSR count). The Morgan fingerprint density at radius 2 is 1.82 bits per heavy atom. The molecule has 0 fully saturated rings. The molecule has 2 N–H and O–H groups in total. The van der Waals surface area contributed by atoms with E-state index in [-0.39, 0.29) is 6.04 Å². The fraction of sp³-hybridized carbons (Fsp3) is 0.368. The van der Waals surface area contributed by atoms with Gasteiger partial charge in [-0.05, 0) is 38.0 Å². The largest absolute Gasteiger partial charge is 0.491 e. The van der Waals surface area contributed by atoms with Gasteiger partial charge >= 0.3 is 0 Å². The smallest absolute Gasteiger partial charge is 0.122 e. The first-order valence-corrected chi connectivity index (χ1v) is 7.72. The molecule has 0 spiro atoms. The van der Waals surface area contributed by atoms with Gasteiger partial charge < -0.3 is 15.2 Å². The summed E-state index contributed by atoms with van der Waals surface area (Å²) in [6, 6.07) is 16.5. The molecule has 2 aromatic carbocycles. The Morgan fingerprint density at radius 3 is 2.50 bits per heavy atom. The van der Waals surface area contributed by atoms with E-state index in [9.17, 15) is 5.11 Å². The molecular weight excluding hydrogens is 274 g/mol. The maximum absolute atomic E-state index is 10.1. The van der Waals surface area contributed by atoms with Gasteiger partial charge in [0.25, 0.3) is 0 Å². The minimum atomic E-state index is -0.535. The molecule has 0 aromatic heterocycles. The maximum atomic E-state index is 10.1. The van der Waals surface area contributed by atoms with E-state index in [1.54, 1.807) is 0 Å². The lowest BCUT2D eigenvalue weighted by molar-refractivity contribution is 0.104. The molecule has 0 saturated heterocycles. The van der Waals surface area contributed by atoms with E-state index in [1.165, 1.54) is 11.1 Å². The number of aryl methyl sites for hydroxylation is 2. The van der Waals surface area contributed by atoms with Gasteiger partial charge in [-0.25, -0.2) is 0 Å². The number of nitrogens with one attached hydrogen (secondary N) is 1. The van der Waals surface area contributed by atoms with Gasteiger partial charge in [0.05, 0.1) is 0 Å². The molecule has 0 unspecified atom stereocenters. The van der Waals surface area contributed by atoms with Crippen molar-refractivity contribution in [2.45, 2.75) is 32.9 Å². The number of benzene rings is 2. The normalized spacial score (nSPS) is 13.6. The predicted octanol–water partition coefficient (Wildman–Crippen LogP) is 3.39. The summed E-state index contributed by atoms with van der Waals surface area (Å²) in [5.41, 5.74) is 3.52. The van der Waals surface area contributed by atoms with Gasteiger partial charge in [0, 0.05) is 12.6 Å². The van der Waals surface area contributed by atoms with E-state index < -0.39 is 6.10 Å². The molecule has 0 bridgehead atoms. The minimum absolute atomic E-state index is 0.206. The van der Waals surface area contributed by atoms with Crippen LogP contribution in [0.1, 0.15) is 29.7 Å². The summed E-state index contributed by atoms with van der Waals surface area (Å²) in [4.78, 5) is 0. The van der Waals surface area contributed by atoms with E-state index in [4.69, 9.17) is 4.74 Å². The van der Waals surface area contributed by atoms with Crippen LogP contribution in [0.4, 0.5) is 0 Å². The summed E-state index contributed by atoms with van der Waals surface area (Å²) in [7, 11) is 0. The number of aliphatic hydroxyl groups is 1. The van der Waals surface area contributed by atoms with Crippen molar-refractivity contribution in [3.05, 3.63) is 65.2 Å². The molecular formula is C19H25NO2. The van der Waals surface area contributed by atoms with E-state index in [1.807, 2.05) is 37.3 Å². The Labute approximate surface area is 133 Å². The summed E-state index contributed by atoms with van der Waals surface area (Å²) in [6.45, 7) is 6.96. The zero-order chi connectivity index (χ0) is 15.9. The first kappa shape index (κ1) is 16.5. The third kappa shape index (κ3) is 4.86. The van der Waals surface area contributed by atoms with Crippen LogP contribution in [0, 0.1) is 13.8 Å². The van der Waals surface area contributed by atoms with Crippen LogP contribution < -0.4 is 10.1 Å². The molecule has 3 nitrogen and oxygen atoms in total. The van der Waals surface area contributed by atoms with Gasteiger partial charge in [-0.2, -0.15) is 0 Å². The fourth-order valence-electron chi connectivity index (χ4n) is 2.38. The summed E-state index contributed by atoms with van der Waals surface area (Å²) < 4.78 is 5.70. The van der Waals surface area contributed by atoms with Crippen LogP contribution in [0.15, 0.2) is 48.5 Å². The zero-order valence-corrected chi connectivity index (χ0v) is 13.5. The molecule has 0 heterocycles. The van der Waals surface area contributed by atoms with Gasteiger partial charge in [0.1, 0.15) is 18.5 Å². The van der Waals surface area contributed by atoms with Crippen LogP contribution in [0.5, 0.6) is 5.75 Å².